The Bertz CT molecular complexity index is 470. The van der Waals surface area contributed by atoms with Gasteiger partial charge in [-0.25, -0.2) is 10.0 Å². The SMILES string of the molecule is CC(C)(C)c1ccc(CN=C(N)NN2CCOCC2)cc1. The molecule has 1 aromatic rings. The monoisotopic (exact) mass is 290 g/mol. The Morgan fingerprint density at radius 3 is 2.43 bits per heavy atom. The Morgan fingerprint density at radius 1 is 1.24 bits per heavy atom. The third-order valence-electron chi connectivity index (χ3n) is 3.54. The number of aliphatic imine (C=N–C) groups is 1. The number of nitrogens with zero attached hydrogens (tertiary/aromatic N) is 2. The fraction of sp³-hybridized carbons (Fsp3) is 0.562. The van der Waals surface area contributed by atoms with Crippen molar-refractivity contribution < 1.29 is 4.74 Å². The van der Waals surface area contributed by atoms with Crippen LogP contribution >= 0.6 is 0 Å². The first-order valence-electron chi connectivity index (χ1n) is 7.44. The van der Waals surface area contributed by atoms with Gasteiger partial charge in [0.1, 0.15) is 0 Å². The van der Waals surface area contributed by atoms with Crippen LogP contribution in [0.25, 0.3) is 0 Å². The molecule has 0 amide bonds. The van der Waals surface area contributed by atoms with Crippen LogP contribution < -0.4 is 11.2 Å². The topological polar surface area (TPSA) is 62.9 Å². The lowest BCUT2D eigenvalue weighted by molar-refractivity contribution is 0.0245. The molecule has 1 aliphatic heterocycles. The van der Waals surface area contributed by atoms with Gasteiger partial charge in [-0.2, -0.15) is 0 Å². The van der Waals surface area contributed by atoms with Crippen molar-refractivity contribution in [3.05, 3.63) is 35.4 Å². The number of nitrogens with two attached hydrogens (primary N) is 1. The second-order valence-electron chi connectivity index (χ2n) is 6.36. The number of guanidine groups is 1. The standard InChI is InChI=1S/C16H26N4O/c1-16(2,3)14-6-4-13(5-7-14)12-18-15(17)19-20-8-10-21-11-9-20/h4-7H,8-12H2,1-3H3,(H3,17,18,19). The fourth-order valence-electron chi connectivity index (χ4n) is 2.16. The Kier molecular flexibility index (Phi) is 5.20. The van der Waals surface area contributed by atoms with Gasteiger partial charge in [-0.15, -0.1) is 0 Å². The highest BCUT2D eigenvalue weighted by molar-refractivity contribution is 5.77. The van der Waals surface area contributed by atoms with Crippen molar-refractivity contribution in [3.63, 3.8) is 0 Å². The quantitative estimate of drug-likeness (QED) is 0.656. The second-order valence-corrected chi connectivity index (χ2v) is 6.36. The molecule has 1 heterocycles. The van der Waals surface area contributed by atoms with Crippen LogP contribution in [0.1, 0.15) is 31.9 Å². The number of benzene rings is 1. The zero-order valence-corrected chi connectivity index (χ0v) is 13.2. The van der Waals surface area contributed by atoms with Crippen molar-refractivity contribution in [2.24, 2.45) is 10.7 Å². The molecular weight excluding hydrogens is 264 g/mol. The van der Waals surface area contributed by atoms with Gasteiger partial charge in [0.2, 0.25) is 5.96 Å². The molecule has 0 radical (unpaired) electrons. The van der Waals surface area contributed by atoms with E-state index in [1.54, 1.807) is 0 Å². The summed E-state index contributed by atoms with van der Waals surface area (Å²) in [5, 5.41) is 2.03. The van der Waals surface area contributed by atoms with Crippen molar-refractivity contribution in [2.45, 2.75) is 32.7 Å². The van der Waals surface area contributed by atoms with E-state index in [1.807, 2.05) is 5.01 Å². The highest BCUT2D eigenvalue weighted by Gasteiger charge is 2.13. The number of nitrogens with one attached hydrogen (secondary N) is 1. The smallest absolute Gasteiger partial charge is 0.203 e. The molecule has 0 aliphatic carbocycles. The van der Waals surface area contributed by atoms with Crippen LogP contribution in [-0.2, 0) is 16.7 Å². The number of hydrazine groups is 1. The summed E-state index contributed by atoms with van der Waals surface area (Å²) in [6.45, 7) is 10.4. The molecule has 1 fully saturated rings. The molecule has 0 aromatic heterocycles. The minimum absolute atomic E-state index is 0.179. The second kappa shape index (κ2) is 6.91. The summed E-state index contributed by atoms with van der Waals surface area (Å²) in [5.74, 6) is 0.455. The first-order valence-corrected chi connectivity index (χ1v) is 7.44. The molecule has 1 saturated heterocycles. The average molecular weight is 290 g/mol. The normalized spacial score (nSPS) is 17.8. The lowest BCUT2D eigenvalue weighted by Crippen LogP contribution is -2.50. The van der Waals surface area contributed by atoms with E-state index in [2.05, 4.69) is 55.5 Å². The molecule has 1 aromatic carbocycles. The van der Waals surface area contributed by atoms with Crippen LogP contribution in [0.2, 0.25) is 0 Å². The molecule has 0 atom stereocenters. The van der Waals surface area contributed by atoms with Gasteiger partial charge >= 0.3 is 0 Å². The van der Waals surface area contributed by atoms with Crippen LogP contribution in [0.4, 0.5) is 0 Å². The summed E-state index contributed by atoms with van der Waals surface area (Å²) in [6, 6.07) is 8.56. The van der Waals surface area contributed by atoms with Gasteiger partial charge in [0, 0.05) is 13.1 Å². The maximum Gasteiger partial charge on any atom is 0.203 e. The largest absolute Gasteiger partial charge is 0.379 e. The van der Waals surface area contributed by atoms with Gasteiger partial charge < -0.3 is 10.5 Å². The molecule has 1 aliphatic rings. The molecule has 3 N–H and O–H groups in total. The van der Waals surface area contributed by atoms with Crippen LogP contribution in [0.5, 0.6) is 0 Å². The minimum Gasteiger partial charge on any atom is -0.379 e. The number of rotatable bonds is 3. The fourth-order valence-corrected chi connectivity index (χ4v) is 2.16. The van der Waals surface area contributed by atoms with Gasteiger partial charge in [-0.1, -0.05) is 45.0 Å². The lowest BCUT2D eigenvalue weighted by Gasteiger charge is -2.27. The summed E-state index contributed by atoms with van der Waals surface area (Å²) < 4.78 is 5.29. The van der Waals surface area contributed by atoms with E-state index in [4.69, 9.17) is 10.5 Å². The van der Waals surface area contributed by atoms with Crippen molar-refractivity contribution in [1.82, 2.24) is 10.4 Å². The van der Waals surface area contributed by atoms with Crippen molar-refractivity contribution in [1.29, 1.82) is 0 Å². The van der Waals surface area contributed by atoms with Crippen LogP contribution in [0.3, 0.4) is 0 Å². The van der Waals surface area contributed by atoms with Gasteiger partial charge in [0.05, 0.1) is 19.8 Å². The minimum atomic E-state index is 0.179. The van der Waals surface area contributed by atoms with E-state index < -0.39 is 0 Å². The van der Waals surface area contributed by atoms with Crippen molar-refractivity contribution in [2.75, 3.05) is 26.3 Å². The molecule has 0 spiro atoms. The Balaban J connectivity index is 1.87. The van der Waals surface area contributed by atoms with Crippen LogP contribution in [0, 0.1) is 0 Å². The third kappa shape index (κ3) is 5.02. The van der Waals surface area contributed by atoms with E-state index in [0.29, 0.717) is 12.5 Å². The number of hydrogen-bond donors (Lipinski definition) is 2. The molecule has 5 nitrogen and oxygen atoms in total. The molecule has 0 unspecified atom stereocenters. The summed E-state index contributed by atoms with van der Waals surface area (Å²) in [6.07, 6.45) is 0. The first-order chi connectivity index (χ1) is 9.95. The summed E-state index contributed by atoms with van der Waals surface area (Å²) >= 11 is 0. The Hall–Kier alpha value is -1.59. The van der Waals surface area contributed by atoms with E-state index in [9.17, 15) is 0 Å². The molecule has 0 bridgehead atoms. The number of ether oxygens (including phenoxy) is 1. The summed E-state index contributed by atoms with van der Waals surface area (Å²) in [5.41, 5.74) is 11.7. The summed E-state index contributed by atoms with van der Waals surface area (Å²) in [7, 11) is 0. The maximum absolute atomic E-state index is 5.91. The number of morpholine rings is 1. The van der Waals surface area contributed by atoms with Crippen molar-refractivity contribution in [3.8, 4) is 0 Å². The van der Waals surface area contributed by atoms with Crippen LogP contribution in [-0.4, -0.2) is 37.3 Å². The highest BCUT2D eigenvalue weighted by Crippen LogP contribution is 2.22. The maximum atomic E-state index is 5.91. The molecule has 5 heteroatoms. The Labute approximate surface area is 127 Å². The zero-order chi connectivity index (χ0) is 15.3. The molecule has 116 valence electrons. The Morgan fingerprint density at radius 2 is 1.86 bits per heavy atom. The van der Waals surface area contributed by atoms with Crippen LogP contribution in [0.15, 0.2) is 29.3 Å². The van der Waals surface area contributed by atoms with E-state index in [1.165, 1.54) is 5.56 Å². The highest BCUT2D eigenvalue weighted by atomic mass is 16.5. The van der Waals surface area contributed by atoms with Gasteiger partial charge in [-0.05, 0) is 16.5 Å². The van der Waals surface area contributed by atoms with E-state index in [0.717, 1.165) is 31.9 Å². The summed E-state index contributed by atoms with van der Waals surface area (Å²) in [4.78, 5) is 4.38. The average Bonchev–Trinajstić information content (AvgIpc) is 2.46. The van der Waals surface area contributed by atoms with Gasteiger partial charge in [0.15, 0.2) is 0 Å². The molecule has 21 heavy (non-hydrogen) atoms. The van der Waals surface area contributed by atoms with Gasteiger partial charge in [0.25, 0.3) is 0 Å². The predicted octanol–water partition coefficient (Wildman–Crippen LogP) is 1.64. The molecule has 2 rings (SSSR count). The lowest BCUT2D eigenvalue weighted by atomic mass is 9.87. The molecule has 0 saturated carbocycles. The number of hydrogen-bond acceptors (Lipinski definition) is 3. The third-order valence-corrected chi connectivity index (χ3v) is 3.54. The zero-order valence-electron chi connectivity index (χ0n) is 13.2. The van der Waals surface area contributed by atoms with E-state index >= 15 is 0 Å². The molecular formula is C16H26N4O. The predicted molar refractivity (Wildman–Crippen MR) is 86.0 cm³/mol. The van der Waals surface area contributed by atoms with Gasteiger partial charge in [-0.3, -0.25) is 5.43 Å². The van der Waals surface area contributed by atoms with E-state index in [-0.39, 0.29) is 5.41 Å². The van der Waals surface area contributed by atoms with Crippen molar-refractivity contribution >= 4 is 5.96 Å². The first kappa shape index (κ1) is 15.8.